The molecule has 0 aromatic carbocycles. The van der Waals surface area contributed by atoms with E-state index in [1.54, 1.807) is 4.90 Å². The van der Waals surface area contributed by atoms with Crippen molar-refractivity contribution in [3.63, 3.8) is 0 Å². The van der Waals surface area contributed by atoms with Crippen molar-refractivity contribution >= 4 is 23.6 Å². The smallest absolute Gasteiger partial charge is 0.230 e. The standard InChI is InChI=1S/C19H36N4OS/c1-5-25-16-10-8-9-15(13-16)22-18(20-2)21-14-19(11-6-7-12-19)17(24)23(3)4/h15-16H,5-14H2,1-4H3,(H2,20,21,22). The number of hydrogen-bond acceptors (Lipinski definition) is 3. The van der Waals surface area contributed by atoms with Gasteiger partial charge in [-0.15, -0.1) is 0 Å². The van der Waals surface area contributed by atoms with Gasteiger partial charge in [-0.2, -0.15) is 11.8 Å². The fraction of sp³-hybridized carbons (Fsp3) is 0.895. The normalized spacial score (nSPS) is 26.3. The number of amides is 1. The summed E-state index contributed by atoms with van der Waals surface area (Å²) in [5, 5.41) is 7.84. The molecule has 2 atom stereocenters. The Morgan fingerprint density at radius 3 is 2.56 bits per heavy atom. The summed E-state index contributed by atoms with van der Waals surface area (Å²) in [4.78, 5) is 18.9. The lowest BCUT2D eigenvalue weighted by Gasteiger charge is -2.33. The van der Waals surface area contributed by atoms with Crippen LogP contribution in [0.5, 0.6) is 0 Å². The lowest BCUT2D eigenvalue weighted by molar-refractivity contribution is -0.138. The molecule has 0 radical (unpaired) electrons. The summed E-state index contributed by atoms with van der Waals surface area (Å²) in [5.41, 5.74) is -0.256. The van der Waals surface area contributed by atoms with Gasteiger partial charge in [0, 0.05) is 39.0 Å². The predicted octanol–water partition coefficient (Wildman–Crippen LogP) is 2.86. The van der Waals surface area contributed by atoms with Crippen molar-refractivity contribution in [2.45, 2.75) is 69.6 Å². The highest BCUT2D eigenvalue weighted by Crippen LogP contribution is 2.39. The molecule has 1 amide bonds. The van der Waals surface area contributed by atoms with Gasteiger partial charge in [0.2, 0.25) is 5.91 Å². The SMILES string of the molecule is CCSC1CCCC(NC(=NC)NCC2(C(=O)N(C)C)CCCC2)C1. The molecule has 2 N–H and O–H groups in total. The second kappa shape index (κ2) is 9.70. The Hall–Kier alpha value is -0.910. The Labute approximate surface area is 157 Å². The molecule has 2 rings (SSSR count). The minimum Gasteiger partial charge on any atom is -0.355 e. The molecule has 0 aromatic heterocycles. The quantitative estimate of drug-likeness (QED) is 0.559. The van der Waals surface area contributed by atoms with Crippen LogP contribution in [-0.4, -0.2) is 61.5 Å². The first-order chi connectivity index (χ1) is 12.0. The topological polar surface area (TPSA) is 56.7 Å². The van der Waals surface area contributed by atoms with Gasteiger partial charge in [0.05, 0.1) is 5.41 Å². The minimum atomic E-state index is -0.256. The monoisotopic (exact) mass is 368 g/mol. The van der Waals surface area contributed by atoms with Gasteiger partial charge >= 0.3 is 0 Å². The Bertz CT molecular complexity index is 458. The van der Waals surface area contributed by atoms with Gasteiger partial charge in [-0.3, -0.25) is 9.79 Å². The number of carbonyl (C=O) groups excluding carboxylic acids is 1. The third-order valence-electron chi connectivity index (χ3n) is 5.61. The van der Waals surface area contributed by atoms with Crippen molar-refractivity contribution < 1.29 is 4.79 Å². The van der Waals surface area contributed by atoms with Crippen LogP contribution in [0, 0.1) is 5.41 Å². The first-order valence-corrected chi connectivity index (χ1v) is 10.9. The third-order valence-corrected chi connectivity index (χ3v) is 6.84. The fourth-order valence-electron chi connectivity index (χ4n) is 4.30. The predicted molar refractivity (Wildman–Crippen MR) is 108 cm³/mol. The minimum absolute atomic E-state index is 0.255. The van der Waals surface area contributed by atoms with Crippen LogP contribution in [0.15, 0.2) is 4.99 Å². The number of thioether (sulfide) groups is 1. The van der Waals surface area contributed by atoms with Crippen LogP contribution in [0.4, 0.5) is 0 Å². The number of nitrogens with one attached hydrogen (secondary N) is 2. The van der Waals surface area contributed by atoms with E-state index >= 15 is 0 Å². The molecular weight excluding hydrogens is 332 g/mol. The lowest BCUT2D eigenvalue weighted by Crippen LogP contribution is -2.51. The summed E-state index contributed by atoms with van der Waals surface area (Å²) in [6.45, 7) is 2.93. The molecule has 2 saturated carbocycles. The van der Waals surface area contributed by atoms with Crippen molar-refractivity contribution in [3.8, 4) is 0 Å². The largest absolute Gasteiger partial charge is 0.355 e. The highest BCUT2D eigenvalue weighted by Gasteiger charge is 2.42. The Balaban J connectivity index is 1.90. The Morgan fingerprint density at radius 1 is 1.24 bits per heavy atom. The van der Waals surface area contributed by atoms with Gasteiger partial charge in [0.15, 0.2) is 5.96 Å². The molecule has 0 saturated heterocycles. The molecule has 2 fully saturated rings. The maximum absolute atomic E-state index is 12.7. The number of guanidine groups is 1. The van der Waals surface area contributed by atoms with Gasteiger partial charge < -0.3 is 15.5 Å². The highest BCUT2D eigenvalue weighted by molar-refractivity contribution is 7.99. The first-order valence-electron chi connectivity index (χ1n) is 9.81. The van der Waals surface area contributed by atoms with Crippen molar-refractivity contribution in [1.29, 1.82) is 0 Å². The van der Waals surface area contributed by atoms with E-state index in [-0.39, 0.29) is 11.3 Å². The van der Waals surface area contributed by atoms with Crippen LogP contribution >= 0.6 is 11.8 Å². The first kappa shape index (κ1) is 20.4. The van der Waals surface area contributed by atoms with Gasteiger partial charge in [-0.05, 0) is 37.9 Å². The molecule has 2 aliphatic carbocycles. The van der Waals surface area contributed by atoms with E-state index in [9.17, 15) is 4.79 Å². The van der Waals surface area contributed by atoms with Crippen LogP contribution in [0.25, 0.3) is 0 Å². The molecule has 5 nitrogen and oxygen atoms in total. The maximum Gasteiger partial charge on any atom is 0.230 e. The molecule has 0 bridgehead atoms. The molecule has 2 unspecified atom stereocenters. The molecule has 25 heavy (non-hydrogen) atoms. The number of aliphatic imine (C=N–C) groups is 1. The zero-order valence-corrected chi connectivity index (χ0v) is 17.3. The summed E-state index contributed by atoms with van der Waals surface area (Å²) in [5.74, 6) is 2.30. The summed E-state index contributed by atoms with van der Waals surface area (Å²) in [7, 11) is 5.55. The second-order valence-electron chi connectivity index (χ2n) is 7.70. The van der Waals surface area contributed by atoms with Crippen LogP contribution in [0.1, 0.15) is 58.3 Å². The number of rotatable bonds is 6. The highest BCUT2D eigenvalue weighted by atomic mass is 32.2. The third kappa shape index (κ3) is 5.53. The van der Waals surface area contributed by atoms with Crippen LogP contribution in [0.3, 0.4) is 0 Å². The van der Waals surface area contributed by atoms with Gasteiger partial charge in [0.1, 0.15) is 0 Å². The van der Waals surface area contributed by atoms with E-state index in [1.165, 1.54) is 31.4 Å². The molecular formula is C19H36N4OS. The molecule has 0 spiro atoms. The van der Waals surface area contributed by atoms with Crippen molar-refractivity contribution in [2.75, 3.05) is 33.4 Å². The number of carbonyl (C=O) groups is 1. The number of nitrogens with zero attached hydrogens (tertiary/aromatic N) is 2. The van der Waals surface area contributed by atoms with E-state index < -0.39 is 0 Å². The van der Waals surface area contributed by atoms with Crippen LogP contribution in [0.2, 0.25) is 0 Å². The fourth-order valence-corrected chi connectivity index (χ4v) is 5.47. The van der Waals surface area contributed by atoms with Gasteiger partial charge in [-0.1, -0.05) is 26.2 Å². The average Bonchev–Trinajstić information content (AvgIpc) is 3.08. The van der Waals surface area contributed by atoms with E-state index in [2.05, 4.69) is 34.3 Å². The zero-order chi connectivity index (χ0) is 18.3. The molecule has 6 heteroatoms. The zero-order valence-electron chi connectivity index (χ0n) is 16.4. The van der Waals surface area contributed by atoms with Crippen molar-refractivity contribution in [2.24, 2.45) is 10.4 Å². The van der Waals surface area contributed by atoms with Crippen molar-refractivity contribution in [3.05, 3.63) is 0 Å². The average molecular weight is 369 g/mol. The van der Waals surface area contributed by atoms with Crippen molar-refractivity contribution in [1.82, 2.24) is 15.5 Å². The van der Waals surface area contributed by atoms with E-state index in [4.69, 9.17) is 0 Å². The Kier molecular flexibility index (Phi) is 7.91. The van der Waals surface area contributed by atoms with E-state index in [1.807, 2.05) is 21.1 Å². The van der Waals surface area contributed by atoms with Crippen LogP contribution in [-0.2, 0) is 4.79 Å². The van der Waals surface area contributed by atoms with Crippen LogP contribution < -0.4 is 10.6 Å². The summed E-state index contributed by atoms with van der Waals surface area (Å²) < 4.78 is 0. The summed E-state index contributed by atoms with van der Waals surface area (Å²) in [6.07, 6.45) is 9.29. The molecule has 2 aliphatic rings. The van der Waals surface area contributed by atoms with E-state index in [0.29, 0.717) is 12.6 Å². The van der Waals surface area contributed by atoms with E-state index in [0.717, 1.165) is 36.9 Å². The lowest BCUT2D eigenvalue weighted by atomic mass is 9.84. The maximum atomic E-state index is 12.7. The second-order valence-corrected chi connectivity index (χ2v) is 9.28. The molecule has 0 aliphatic heterocycles. The number of hydrogen-bond donors (Lipinski definition) is 2. The summed E-state index contributed by atoms with van der Waals surface area (Å²) >= 11 is 2.08. The molecule has 0 aromatic rings. The van der Waals surface area contributed by atoms with Gasteiger partial charge in [0.25, 0.3) is 0 Å². The molecule has 0 heterocycles. The summed E-state index contributed by atoms with van der Waals surface area (Å²) in [6, 6.07) is 0.494. The molecule has 144 valence electrons. The van der Waals surface area contributed by atoms with Gasteiger partial charge in [-0.25, -0.2) is 0 Å². The Morgan fingerprint density at radius 2 is 1.96 bits per heavy atom.